The van der Waals surface area contributed by atoms with Gasteiger partial charge in [0.1, 0.15) is 0 Å². The molecule has 9 heavy (non-hydrogen) atoms. The Morgan fingerprint density at radius 2 is 1.56 bits per heavy atom. The minimum Gasteiger partial charge on any atom is -0.229 e. The zero-order valence-corrected chi connectivity index (χ0v) is 5.73. The van der Waals surface area contributed by atoms with Crippen LogP contribution < -0.4 is 0 Å². The quantitative estimate of drug-likeness (QED) is 0.448. The van der Waals surface area contributed by atoms with Gasteiger partial charge in [0.25, 0.3) is 0 Å². The Bertz CT molecular complexity index is 172. The summed E-state index contributed by atoms with van der Waals surface area (Å²) in [6.45, 7) is 0.282. The molecule has 0 aromatic rings. The van der Waals surface area contributed by atoms with Crippen molar-refractivity contribution in [3.63, 3.8) is 0 Å². The summed E-state index contributed by atoms with van der Waals surface area (Å²) in [5.74, 6) is 0.0486. The molecule has 4 nitrogen and oxygen atoms in total. The van der Waals surface area contributed by atoms with Gasteiger partial charge in [-0.1, -0.05) is 0 Å². The van der Waals surface area contributed by atoms with Gasteiger partial charge in [0.2, 0.25) is 0 Å². The highest BCUT2D eigenvalue weighted by Gasteiger charge is 2.20. The van der Waals surface area contributed by atoms with Gasteiger partial charge in [-0.2, -0.15) is 5.06 Å². The molecule has 1 saturated heterocycles. The van der Waals surface area contributed by atoms with E-state index < -0.39 is 9.84 Å². The molecule has 0 amide bonds. The molecule has 1 aliphatic heterocycles. The fourth-order valence-electron chi connectivity index (χ4n) is 0.696. The molecular formula is C4H8NO3S. The van der Waals surface area contributed by atoms with Crippen molar-refractivity contribution in [2.45, 2.75) is 0 Å². The van der Waals surface area contributed by atoms with E-state index in [2.05, 4.69) is 0 Å². The van der Waals surface area contributed by atoms with Crippen molar-refractivity contribution in [2.75, 3.05) is 24.6 Å². The summed E-state index contributed by atoms with van der Waals surface area (Å²) in [5, 5.41) is 11.2. The van der Waals surface area contributed by atoms with Crippen LogP contribution in [-0.2, 0) is 15.0 Å². The van der Waals surface area contributed by atoms with E-state index in [0.29, 0.717) is 0 Å². The third-order valence-corrected chi connectivity index (χ3v) is 2.91. The number of nitrogens with zero attached hydrogens (tertiary/aromatic N) is 1. The highest BCUT2D eigenvalue weighted by atomic mass is 32.2. The van der Waals surface area contributed by atoms with Gasteiger partial charge in [-0.25, -0.2) is 8.42 Å². The van der Waals surface area contributed by atoms with Gasteiger partial charge in [-0.3, -0.25) is 0 Å². The predicted molar refractivity (Wildman–Crippen MR) is 30.9 cm³/mol. The Hall–Kier alpha value is -0.130. The SMILES string of the molecule is [O]N1CCS(=O)(=O)CC1. The van der Waals surface area contributed by atoms with E-state index in [1.54, 1.807) is 0 Å². The lowest BCUT2D eigenvalue weighted by molar-refractivity contribution is -0.150. The molecule has 1 heterocycles. The summed E-state index contributed by atoms with van der Waals surface area (Å²) < 4.78 is 21.3. The van der Waals surface area contributed by atoms with Gasteiger partial charge in [0.15, 0.2) is 9.84 Å². The third-order valence-electron chi connectivity index (χ3n) is 1.30. The maximum atomic E-state index is 10.6. The first-order valence-electron chi connectivity index (χ1n) is 2.73. The number of rotatable bonds is 0. The zero-order valence-electron chi connectivity index (χ0n) is 4.91. The van der Waals surface area contributed by atoms with Crippen molar-refractivity contribution in [3.05, 3.63) is 0 Å². The standard InChI is InChI=1S/C4H8NO3S/c6-5-1-3-9(7,8)4-2-5/h1-4H2. The number of hydrogen-bond acceptors (Lipinski definition) is 3. The average Bonchev–Trinajstić information content (AvgIpc) is 1.78. The van der Waals surface area contributed by atoms with Crippen LogP contribution >= 0.6 is 0 Å². The second-order valence-electron chi connectivity index (χ2n) is 2.08. The van der Waals surface area contributed by atoms with Crippen LogP contribution in [0.2, 0.25) is 0 Å². The fraction of sp³-hybridized carbons (Fsp3) is 1.00. The first kappa shape index (κ1) is 6.98. The smallest absolute Gasteiger partial charge is 0.153 e. The van der Waals surface area contributed by atoms with E-state index in [-0.39, 0.29) is 24.6 Å². The van der Waals surface area contributed by atoms with Crippen molar-refractivity contribution in [1.82, 2.24) is 5.06 Å². The lowest BCUT2D eigenvalue weighted by Crippen LogP contribution is -2.36. The number of sulfone groups is 1. The maximum absolute atomic E-state index is 10.6. The van der Waals surface area contributed by atoms with E-state index in [0.717, 1.165) is 5.06 Å². The number of hydrogen-bond donors (Lipinski definition) is 0. The molecule has 0 saturated carbocycles. The molecule has 1 aliphatic rings. The molecule has 0 aromatic heterocycles. The molecular weight excluding hydrogens is 142 g/mol. The Morgan fingerprint density at radius 3 is 1.89 bits per heavy atom. The molecule has 0 bridgehead atoms. The Labute approximate surface area is 54.0 Å². The molecule has 1 fully saturated rings. The Balaban J connectivity index is 2.55. The predicted octanol–water partition coefficient (Wildman–Crippen LogP) is -0.938. The molecule has 5 heteroatoms. The summed E-state index contributed by atoms with van der Waals surface area (Å²) in [5.41, 5.74) is 0. The molecule has 0 unspecified atom stereocenters. The maximum Gasteiger partial charge on any atom is 0.153 e. The fourth-order valence-corrected chi connectivity index (χ4v) is 1.86. The van der Waals surface area contributed by atoms with Crippen LogP contribution in [0.3, 0.4) is 0 Å². The first-order chi connectivity index (χ1) is 4.10. The summed E-state index contributed by atoms with van der Waals surface area (Å²) in [6, 6.07) is 0. The van der Waals surface area contributed by atoms with Crippen LogP contribution in [0.1, 0.15) is 0 Å². The van der Waals surface area contributed by atoms with Gasteiger partial charge in [0.05, 0.1) is 11.5 Å². The highest BCUT2D eigenvalue weighted by molar-refractivity contribution is 7.91. The van der Waals surface area contributed by atoms with E-state index in [1.807, 2.05) is 0 Å². The molecule has 0 spiro atoms. The summed E-state index contributed by atoms with van der Waals surface area (Å²) >= 11 is 0. The Kier molecular flexibility index (Phi) is 1.74. The molecule has 1 radical (unpaired) electrons. The summed E-state index contributed by atoms with van der Waals surface area (Å²) in [4.78, 5) is 0. The topological polar surface area (TPSA) is 57.3 Å². The minimum atomic E-state index is -2.86. The van der Waals surface area contributed by atoms with Crippen LogP contribution in [0.15, 0.2) is 0 Å². The lowest BCUT2D eigenvalue weighted by Gasteiger charge is -2.16. The van der Waals surface area contributed by atoms with Crippen molar-refractivity contribution in [1.29, 1.82) is 0 Å². The Morgan fingerprint density at radius 1 is 1.11 bits per heavy atom. The summed E-state index contributed by atoms with van der Waals surface area (Å²) in [6.07, 6.45) is 0. The third kappa shape index (κ3) is 1.92. The van der Waals surface area contributed by atoms with Crippen LogP contribution in [-0.4, -0.2) is 38.1 Å². The lowest BCUT2D eigenvalue weighted by atomic mass is 10.6. The van der Waals surface area contributed by atoms with Gasteiger partial charge in [-0.05, 0) is 0 Å². The summed E-state index contributed by atoms with van der Waals surface area (Å²) in [7, 11) is -2.86. The van der Waals surface area contributed by atoms with E-state index in [4.69, 9.17) is 0 Å². The second kappa shape index (κ2) is 2.24. The average molecular weight is 150 g/mol. The molecule has 0 aromatic carbocycles. The zero-order chi connectivity index (χ0) is 6.91. The normalized spacial score (nSPS) is 28.1. The largest absolute Gasteiger partial charge is 0.229 e. The molecule has 0 N–H and O–H groups in total. The van der Waals surface area contributed by atoms with Crippen LogP contribution in [0.5, 0.6) is 0 Å². The van der Waals surface area contributed by atoms with Gasteiger partial charge >= 0.3 is 0 Å². The molecule has 53 valence electrons. The van der Waals surface area contributed by atoms with Crippen LogP contribution in [0.4, 0.5) is 0 Å². The van der Waals surface area contributed by atoms with Crippen molar-refractivity contribution in [3.8, 4) is 0 Å². The molecule has 0 aliphatic carbocycles. The van der Waals surface area contributed by atoms with E-state index in [9.17, 15) is 13.6 Å². The van der Waals surface area contributed by atoms with Gasteiger partial charge in [0, 0.05) is 13.1 Å². The van der Waals surface area contributed by atoms with Gasteiger partial charge < -0.3 is 0 Å². The molecule has 0 atom stereocenters. The van der Waals surface area contributed by atoms with Crippen LogP contribution in [0.25, 0.3) is 0 Å². The van der Waals surface area contributed by atoms with Crippen molar-refractivity contribution >= 4 is 9.84 Å². The van der Waals surface area contributed by atoms with E-state index >= 15 is 0 Å². The molecule has 1 rings (SSSR count). The second-order valence-corrected chi connectivity index (χ2v) is 4.38. The number of hydroxylamine groups is 2. The van der Waals surface area contributed by atoms with Crippen molar-refractivity contribution < 1.29 is 13.6 Å². The minimum absolute atomic E-state index is 0.0243. The first-order valence-corrected chi connectivity index (χ1v) is 4.55. The monoisotopic (exact) mass is 150 g/mol. The van der Waals surface area contributed by atoms with Crippen LogP contribution in [0, 0.1) is 0 Å². The van der Waals surface area contributed by atoms with E-state index in [1.165, 1.54) is 0 Å². The van der Waals surface area contributed by atoms with Gasteiger partial charge in [-0.15, -0.1) is 5.21 Å². The highest BCUT2D eigenvalue weighted by Crippen LogP contribution is 1.99. The van der Waals surface area contributed by atoms with Crippen molar-refractivity contribution in [2.24, 2.45) is 0 Å².